The lowest BCUT2D eigenvalue weighted by Gasteiger charge is -2.34. The largest absolute Gasteiger partial charge is 0.390 e. The van der Waals surface area contributed by atoms with Crippen molar-refractivity contribution >= 4 is 42.6 Å². The van der Waals surface area contributed by atoms with E-state index in [1.54, 1.807) is 12.1 Å². The summed E-state index contributed by atoms with van der Waals surface area (Å²) < 4.78 is 76.3. The van der Waals surface area contributed by atoms with Crippen LogP contribution < -0.4 is 10.6 Å². The molecule has 2 unspecified atom stereocenters. The fourth-order valence-corrected chi connectivity index (χ4v) is 10.5. The molecule has 2 saturated heterocycles. The molecule has 1 amide bonds. The average Bonchev–Trinajstić information content (AvgIpc) is 3.70. The third-order valence-electron chi connectivity index (χ3n) is 9.84. The van der Waals surface area contributed by atoms with Crippen molar-refractivity contribution in [2.24, 2.45) is 29.6 Å². The van der Waals surface area contributed by atoms with E-state index in [1.807, 2.05) is 27.7 Å². The van der Waals surface area contributed by atoms with E-state index in [0.29, 0.717) is 28.6 Å². The highest BCUT2D eigenvalue weighted by Gasteiger charge is 2.58. The van der Waals surface area contributed by atoms with Crippen LogP contribution in [0.5, 0.6) is 0 Å². The van der Waals surface area contributed by atoms with E-state index in [9.17, 15) is 27.1 Å². The zero-order valence-corrected chi connectivity index (χ0v) is 30.5. The number of carbonyl (C=O) groups excluding carboxylic acids is 1. The molecule has 0 radical (unpaired) electrons. The molecule has 3 aromatic rings. The molecule has 0 spiro atoms. The van der Waals surface area contributed by atoms with Gasteiger partial charge in [0, 0.05) is 44.1 Å². The fourth-order valence-electron chi connectivity index (χ4n) is 7.74. The quantitative estimate of drug-likeness (QED) is 0.207. The Balaban J connectivity index is 1.27. The van der Waals surface area contributed by atoms with Gasteiger partial charge in [0.1, 0.15) is 17.7 Å². The van der Waals surface area contributed by atoms with Crippen molar-refractivity contribution in [1.82, 2.24) is 14.6 Å². The lowest BCUT2D eigenvalue weighted by atomic mass is 9.83. The molecule has 3 aliphatic rings. The monoisotopic (exact) mass is 736 g/mol. The van der Waals surface area contributed by atoms with Gasteiger partial charge in [0.15, 0.2) is 11.4 Å². The van der Waals surface area contributed by atoms with Crippen molar-refractivity contribution < 1.29 is 41.3 Å². The Bertz CT molecular complexity index is 1770. The number of fused-ring (bicyclic) bond motifs is 2. The zero-order valence-electron chi connectivity index (χ0n) is 28.8. The van der Waals surface area contributed by atoms with E-state index in [2.05, 4.69) is 15.6 Å². The number of anilines is 1. The molecule has 1 aliphatic carbocycles. The van der Waals surface area contributed by atoms with Gasteiger partial charge in [0.05, 0.1) is 40.5 Å². The zero-order chi connectivity index (χ0) is 35.9. The molecule has 1 saturated carbocycles. The number of rotatable bonds is 15. The minimum absolute atomic E-state index is 0.0384. The number of hydrogen-bond donors (Lipinski definition) is 3. The van der Waals surface area contributed by atoms with Gasteiger partial charge >= 0.3 is 0 Å². The Morgan fingerprint density at radius 1 is 1.08 bits per heavy atom. The van der Waals surface area contributed by atoms with Crippen molar-refractivity contribution in [3.05, 3.63) is 53.6 Å². The van der Waals surface area contributed by atoms with Crippen LogP contribution >= 0.6 is 11.3 Å². The Hall–Kier alpha value is -2.79. The van der Waals surface area contributed by atoms with Crippen LogP contribution in [0.15, 0.2) is 41.3 Å². The van der Waals surface area contributed by atoms with Crippen molar-refractivity contribution in [3.63, 3.8) is 0 Å². The van der Waals surface area contributed by atoms with E-state index in [1.165, 1.54) is 28.8 Å². The Labute approximate surface area is 295 Å². The molecule has 3 fully saturated rings. The SMILES string of the molecule is CO[C@@H](C(=O)N[C@@H](Cc1cc(F)cc(F)c1)[C@H](O)CN(CC(C)C)S(=O)(=O)c1ccc2nc(NC(C)C)sc2c1)[C@H]1C2CO[C@H]3OC[C@@H]1C3C2. The van der Waals surface area contributed by atoms with Crippen LogP contribution in [0.3, 0.4) is 0 Å². The first-order valence-corrected chi connectivity index (χ1v) is 19.4. The predicted octanol–water partition coefficient (Wildman–Crippen LogP) is 4.40. The average molecular weight is 737 g/mol. The lowest BCUT2D eigenvalue weighted by molar-refractivity contribution is -0.171. The summed E-state index contributed by atoms with van der Waals surface area (Å²) in [5.74, 6) is -2.12. The van der Waals surface area contributed by atoms with E-state index in [0.717, 1.165) is 24.6 Å². The molecule has 3 heterocycles. The standard InChI is InChI=1S/C35H46F2N4O7S2/c1-18(2)14-41(50(44,45)24-6-7-27-30(13-24)49-35(40-27)38-19(3)4)15-29(42)28(10-20-8-22(36)12-23(37)9-20)39-33(43)32(46-5)31-21-11-25-26(31)17-48-34(25)47-16-21/h6-9,12-13,18-19,21,25-26,28-29,31-32,34,42H,10-11,14-17H2,1-5H3,(H,38,40)(H,39,43)/t21?,25?,26-,28+,29-,31+,32-,34+/m1/s1. The minimum Gasteiger partial charge on any atom is -0.390 e. The third kappa shape index (κ3) is 7.83. The number of thiazole rings is 1. The van der Waals surface area contributed by atoms with Gasteiger partial charge in [-0.15, -0.1) is 0 Å². The van der Waals surface area contributed by atoms with Crippen molar-refractivity contribution in [3.8, 4) is 0 Å². The van der Waals surface area contributed by atoms with E-state index in [4.69, 9.17) is 14.2 Å². The molecule has 6 rings (SSSR count). The molecule has 274 valence electrons. The first kappa shape index (κ1) is 37.0. The summed E-state index contributed by atoms with van der Waals surface area (Å²) in [4.78, 5) is 18.6. The molecule has 8 atom stereocenters. The van der Waals surface area contributed by atoms with Gasteiger partial charge in [-0.25, -0.2) is 22.2 Å². The van der Waals surface area contributed by atoms with Gasteiger partial charge in [0.25, 0.3) is 0 Å². The number of sulfonamides is 1. The summed E-state index contributed by atoms with van der Waals surface area (Å²) in [6, 6.07) is 6.75. The number of nitrogens with one attached hydrogen (secondary N) is 2. The normalized spacial score (nSPS) is 25.1. The van der Waals surface area contributed by atoms with Crippen LogP contribution in [-0.4, -0.2) is 92.7 Å². The van der Waals surface area contributed by atoms with Crippen LogP contribution in [-0.2, 0) is 35.4 Å². The number of ether oxygens (including phenoxy) is 3. The summed E-state index contributed by atoms with van der Waals surface area (Å²) in [6.45, 7) is 8.27. The number of aliphatic hydroxyl groups excluding tert-OH is 1. The highest BCUT2D eigenvalue weighted by molar-refractivity contribution is 7.89. The minimum atomic E-state index is -4.15. The summed E-state index contributed by atoms with van der Waals surface area (Å²) in [5, 5.41) is 18.6. The smallest absolute Gasteiger partial charge is 0.249 e. The van der Waals surface area contributed by atoms with Gasteiger partial charge in [0.2, 0.25) is 15.9 Å². The topological polar surface area (TPSA) is 139 Å². The van der Waals surface area contributed by atoms with Gasteiger partial charge < -0.3 is 30.0 Å². The van der Waals surface area contributed by atoms with Crippen LogP contribution in [0.2, 0.25) is 0 Å². The molecule has 15 heteroatoms. The molecular weight excluding hydrogens is 691 g/mol. The number of methoxy groups -OCH3 is 1. The second-order valence-corrected chi connectivity index (χ2v) is 17.4. The number of benzene rings is 2. The van der Waals surface area contributed by atoms with Crippen LogP contribution in [0.1, 0.15) is 39.7 Å². The number of amides is 1. The summed E-state index contributed by atoms with van der Waals surface area (Å²) in [7, 11) is -2.70. The van der Waals surface area contributed by atoms with E-state index < -0.39 is 45.8 Å². The van der Waals surface area contributed by atoms with E-state index in [-0.39, 0.29) is 71.9 Å². The van der Waals surface area contributed by atoms with Crippen molar-refractivity contribution in [2.75, 3.05) is 38.7 Å². The Morgan fingerprint density at radius 3 is 2.48 bits per heavy atom. The number of nitrogens with zero attached hydrogens (tertiary/aromatic N) is 2. The lowest BCUT2D eigenvalue weighted by Crippen LogP contribution is -2.55. The van der Waals surface area contributed by atoms with Crippen LogP contribution in [0.4, 0.5) is 13.9 Å². The third-order valence-corrected chi connectivity index (χ3v) is 12.6. The molecule has 50 heavy (non-hydrogen) atoms. The number of halogens is 2. The Kier molecular flexibility index (Phi) is 11.1. The van der Waals surface area contributed by atoms with Crippen molar-refractivity contribution in [1.29, 1.82) is 0 Å². The maximum Gasteiger partial charge on any atom is 0.249 e. The number of carbonyl (C=O) groups is 1. The van der Waals surface area contributed by atoms with Gasteiger partial charge in [-0.05, 0) is 80.3 Å². The number of aliphatic hydroxyl groups is 1. The molecule has 1 aromatic heterocycles. The molecule has 3 N–H and O–H groups in total. The molecule has 2 aromatic carbocycles. The second-order valence-electron chi connectivity index (χ2n) is 14.4. The molecule has 2 bridgehead atoms. The van der Waals surface area contributed by atoms with Gasteiger partial charge in [-0.1, -0.05) is 25.2 Å². The predicted molar refractivity (Wildman–Crippen MR) is 185 cm³/mol. The molecule has 2 aliphatic heterocycles. The molecular formula is C35H46F2N4O7S2. The highest BCUT2D eigenvalue weighted by Crippen LogP contribution is 2.53. The summed E-state index contributed by atoms with van der Waals surface area (Å²) >= 11 is 1.34. The number of hydrogen-bond acceptors (Lipinski definition) is 10. The highest BCUT2D eigenvalue weighted by atomic mass is 32.2. The Morgan fingerprint density at radius 2 is 1.80 bits per heavy atom. The summed E-state index contributed by atoms with van der Waals surface area (Å²) in [5.41, 5.74) is 0.848. The number of aromatic nitrogens is 1. The maximum atomic E-state index is 14.3. The van der Waals surface area contributed by atoms with Crippen molar-refractivity contribution in [2.45, 2.75) is 76.0 Å². The van der Waals surface area contributed by atoms with Crippen LogP contribution in [0.25, 0.3) is 10.2 Å². The first-order valence-electron chi connectivity index (χ1n) is 17.1. The van der Waals surface area contributed by atoms with E-state index >= 15 is 0 Å². The summed E-state index contributed by atoms with van der Waals surface area (Å²) in [6.07, 6.45) is -1.97. The fraction of sp³-hybridized carbons (Fsp3) is 0.600. The first-order chi connectivity index (χ1) is 23.7. The maximum absolute atomic E-state index is 14.3. The second kappa shape index (κ2) is 15.1. The van der Waals surface area contributed by atoms with Gasteiger partial charge in [-0.3, -0.25) is 4.79 Å². The molecule has 11 nitrogen and oxygen atoms in total. The van der Waals surface area contributed by atoms with Gasteiger partial charge in [-0.2, -0.15) is 4.31 Å². The van der Waals surface area contributed by atoms with Crippen LogP contribution in [0, 0.1) is 41.2 Å².